The SMILES string of the molecule is Cc1ccc(-n2ncc3c(Nc4ccc(C(C)C)cc4)ncnc32)cc1Cl. The van der Waals surface area contributed by atoms with E-state index in [0.29, 0.717) is 10.9 Å². The van der Waals surface area contributed by atoms with Gasteiger partial charge in [-0.05, 0) is 48.2 Å². The molecule has 4 rings (SSSR count). The third-order valence-electron chi connectivity index (χ3n) is 4.61. The van der Waals surface area contributed by atoms with Crippen LogP contribution in [0.15, 0.2) is 55.0 Å². The lowest BCUT2D eigenvalue weighted by Crippen LogP contribution is -2.00. The molecule has 136 valence electrons. The first-order valence-corrected chi connectivity index (χ1v) is 9.23. The van der Waals surface area contributed by atoms with Crippen LogP contribution < -0.4 is 5.32 Å². The number of halogens is 1. The van der Waals surface area contributed by atoms with E-state index < -0.39 is 0 Å². The molecule has 27 heavy (non-hydrogen) atoms. The quantitative estimate of drug-likeness (QED) is 0.499. The summed E-state index contributed by atoms with van der Waals surface area (Å²) >= 11 is 6.27. The Labute approximate surface area is 163 Å². The van der Waals surface area contributed by atoms with Crippen molar-refractivity contribution in [3.63, 3.8) is 0 Å². The number of hydrogen-bond donors (Lipinski definition) is 1. The highest BCUT2D eigenvalue weighted by atomic mass is 35.5. The molecule has 5 nitrogen and oxygen atoms in total. The van der Waals surface area contributed by atoms with Crippen LogP contribution in [0, 0.1) is 6.92 Å². The summed E-state index contributed by atoms with van der Waals surface area (Å²) in [5, 5.41) is 9.41. The number of aryl methyl sites for hydroxylation is 1. The Morgan fingerprint density at radius 3 is 2.52 bits per heavy atom. The van der Waals surface area contributed by atoms with Crippen LogP contribution >= 0.6 is 11.6 Å². The Bertz CT molecular complexity index is 1100. The molecule has 0 saturated carbocycles. The smallest absolute Gasteiger partial charge is 0.168 e. The molecule has 4 aromatic rings. The van der Waals surface area contributed by atoms with Crippen molar-refractivity contribution in [3.05, 3.63) is 71.1 Å². The Hall–Kier alpha value is -2.92. The van der Waals surface area contributed by atoms with Gasteiger partial charge >= 0.3 is 0 Å². The maximum absolute atomic E-state index is 6.27. The van der Waals surface area contributed by atoms with Crippen LogP contribution in [-0.4, -0.2) is 19.7 Å². The van der Waals surface area contributed by atoms with Crippen LogP contribution in [0.1, 0.15) is 30.9 Å². The molecule has 0 unspecified atom stereocenters. The highest BCUT2D eigenvalue weighted by Crippen LogP contribution is 2.27. The van der Waals surface area contributed by atoms with Gasteiger partial charge in [0.05, 0.1) is 17.3 Å². The van der Waals surface area contributed by atoms with Crippen molar-refractivity contribution >= 4 is 34.1 Å². The maximum atomic E-state index is 6.27. The van der Waals surface area contributed by atoms with Crippen molar-refractivity contribution in [2.45, 2.75) is 26.7 Å². The highest BCUT2D eigenvalue weighted by Gasteiger charge is 2.12. The molecule has 0 fully saturated rings. The zero-order valence-corrected chi connectivity index (χ0v) is 16.2. The second-order valence-corrected chi connectivity index (χ2v) is 7.26. The molecule has 2 heterocycles. The first-order chi connectivity index (χ1) is 13.0. The second kappa shape index (κ2) is 7.00. The number of hydrogen-bond acceptors (Lipinski definition) is 4. The topological polar surface area (TPSA) is 55.6 Å². The Balaban J connectivity index is 1.71. The van der Waals surface area contributed by atoms with Gasteiger partial charge in [-0.1, -0.05) is 43.6 Å². The summed E-state index contributed by atoms with van der Waals surface area (Å²) in [6.07, 6.45) is 3.31. The predicted octanol–water partition coefficient (Wildman–Crippen LogP) is 5.64. The minimum Gasteiger partial charge on any atom is -0.340 e. The third kappa shape index (κ3) is 3.38. The zero-order chi connectivity index (χ0) is 19.0. The van der Waals surface area contributed by atoms with E-state index in [1.54, 1.807) is 17.2 Å². The molecule has 0 aliphatic rings. The molecule has 1 N–H and O–H groups in total. The molecule has 0 amide bonds. The lowest BCUT2D eigenvalue weighted by molar-refractivity contribution is 0.867. The number of nitrogens with zero attached hydrogens (tertiary/aromatic N) is 4. The zero-order valence-electron chi connectivity index (χ0n) is 15.4. The van der Waals surface area contributed by atoms with E-state index in [-0.39, 0.29) is 0 Å². The normalized spacial score (nSPS) is 11.3. The van der Waals surface area contributed by atoms with Gasteiger partial charge in [-0.2, -0.15) is 5.10 Å². The van der Waals surface area contributed by atoms with Gasteiger partial charge in [-0.15, -0.1) is 0 Å². The highest BCUT2D eigenvalue weighted by molar-refractivity contribution is 6.31. The third-order valence-corrected chi connectivity index (χ3v) is 5.01. The van der Waals surface area contributed by atoms with E-state index in [0.717, 1.165) is 33.8 Å². The fourth-order valence-corrected chi connectivity index (χ4v) is 3.11. The van der Waals surface area contributed by atoms with Gasteiger partial charge in [0.2, 0.25) is 0 Å². The van der Waals surface area contributed by atoms with Gasteiger partial charge in [0.1, 0.15) is 12.1 Å². The molecule has 0 aliphatic carbocycles. The molecule has 2 aromatic carbocycles. The van der Waals surface area contributed by atoms with E-state index in [1.807, 2.05) is 25.1 Å². The molecule has 0 bridgehead atoms. The maximum Gasteiger partial charge on any atom is 0.168 e. The van der Waals surface area contributed by atoms with Crippen LogP contribution in [0.25, 0.3) is 16.7 Å². The summed E-state index contributed by atoms with van der Waals surface area (Å²) in [5.74, 6) is 1.23. The summed E-state index contributed by atoms with van der Waals surface area (Å²) < 4.78 is 1.77. The fraction of sp³-hybridized carbons (Fsp3) is 0.190. The van der Waals surface area contributed by atoms with Crippen molar-refractivity contribution in [1.29, 1.82) is 0 Å². The summed E-state index contributed by atoms with van der Waals surface area (Å²) in [5.41, 5.74) is 4.90. The number of aromatic nitrogens is 4. The lowest BCUT2D eigenvalue weighted by atomic mass is 10.0. The number of rotatable bonds is 4. The van der Waals surface area contributed by atoms with Gasteiger partial charge in [0.25, 0.3) is 0 Å². The molecule has 0 aliphatic heterocycles. The summed E-state index contributed by atoms with van der Waals surface area (Å²) in [7, 11) is 0. The van der Waals surface area contributed by atoms with Crippen molar-refractivity contribution < 1.29 is 0 Å². The molecular formula is C21H20ClN5. The van der Waals surface area contributed by atoms with Gasteiger partial charge in [0.15, 0.2) is 5.65 Å². The van der Waals surface area contributed by atoms with Crippen molar-refractivity contribution in [3.8, 4) is 5.69 Å². The monoisotopic (exact) mass is 377 g/mol. The van der Waals surface area contributed by atoms with Crippen LogP contribution in [0.4, 0.5) is 11.5 Å². The minimum absolute atomic E-state index is 0.504. The summed E-state index contributed by atoms with van der Waals surface area (Å²) in [4.78, 5) is 8.81. The number of benzene rings is 2. The van der Waals surface area contributed by atoms with Gasteiger partial charge in [0, 0.05) is 10.7 Å². The largest absolute Gasteiger partial charge is 0.340 e. The van der Waals surface area contributed by atoms with Gasteiger partial charge in [-0.3, -0.25) is 0 Å². The first kappa shape index (κ1) is 17.5. The second-order valence-electron chi connectivity index (χ2n) is 6.85. The number of anilines is 2. The molecular weight excluding hydrogens is 358 g/mol. The van der Waals surface area contributed by atoms with E-state index in [1.165, 1.54) is 5.56 Å². The van der Waals surface area contributed by atoms with Crippen LogP contribution in [0.3, 0.4) is 0 Å². The van der Waals surface area contributed by atoms with Gasteiger partial charge in [-0.25, -0.2) is 14.6 Å². The van der Waals surface area contributed by atoms with Gasteiger partial charge < -0.3 is 5.32 Å². The van der Waals surface area contributed by atoms with Crippen LogP contribution in [0.2, 0.25) is 5.02 Å². The molecule has 2 aromatic heterocycles. The van der Waals surface area contributed by atoms with Crippen LogP contribution in [-0.2, 0) is 0 Å². The molecule has 0 radical (unpaired) electrons. The van der Waals surface area contributed by atoms with Crippen molar-refractivity contribution in [1.82, 2.24) is 19.7 Å². The average molecular weight is 378 g/mol. The molecule has 6 heteroatoms. The van der Waals surface area contributed by atoms with E-state index in [2.05, 4.69) is 58.5 Å². The number of fused-ring (bicyclic) bond motifs is 1. The Kier molecular flexibility index (Phi) is 4.54. The van der Waals surface area contributed by atoms with Crippen molar-refractivity contribution in [2.75, 3.05) is 5.32 Å². The van der Waals surface area contributed by atoms with E-state index in [9.17, 15) is 0 Å². The standard InChI is InChI=1S/C21H20ClN5/c1-13(2)15-5-7-16(8-6-15)26-20-18-11-25-27(21(18)24-12-23-20)17-9-4-14(3)19(22)10-17/h4-13H,1-3H3,(H,23,24,26). The minimum atomic E-state index is 0.504. The summed E-state index contributed by atoms with van der Waals surface area (Å²) in [6, 6.07) is 14.2. The average Bonchev–Trinajstić information content (AvgIpc) is 3.10. The van der Waals surface area contributed by atoms with Crippen LogP contribution in [0.5, 0.6) is 0 Å². The Morgan fingerprint density at radius 1 is 1.04 bits per heavy atom. The molecule has 0 atom stereocenters. The number of nitrogens with one attached hydrogen (secondary N) is 1. The lowest BCUT2D eigenvalue weighted by Gasteiger charge is -2.09. The fourth-order valence-electron chi connectivity index (χ4n) is 2.93. The van der Waals surface area contributed by atoms with E-state index in [4.69, 9.17) is 11.6 Å². The summed E-state index contributed by atoms with van der Waals surface area (Å²) in [6.45, 7) is 6.34. The predicted molar refractivity (Wildman–Crippen MR) is 110 cm³/mol. The molecule has 0 spiro atoms. The van der Waals surface area contributed by atoms with E-state index >= 15 is 0 Å². The Morgan fingerprint density at radius 2 is 1.81 bits per heavy atom. The van der Waals surface area contributed by atoms with Crippen molar-refractivity contribution in [2.24, 2.45) is 0 Å². The molecule has 0 saturated heterocycles. The first-order valence-electron chi connectivity index (χ1n) is 8.85.